The number of rotatable bonds is 17. The molecule has 0 amide bonds. The first-order valence-electron chi connectivity index (χ1n) is 39.6. The van der Waals surface area contributed by atoms with Crippen LogP contribution in [0, 0.1) is 201 Å². The highest BCUT2D eigenvalue weighted by Crippen LogP contribution is 2.51. The van der Waals surface area contributed by atoms with Crippen molar-refractivity contribution >= 4 is 0 Å². The molecule has 1 saturated carbocycles. The Morgan fingerprint density at radius 2 is 0.793 bits per heavy atom. The molecule has 29 unspecified atom stereocenters. The Balaban J connectivity index is 4.24. The molecule has 1 aliphatic carbocycles. The molecule has 1 rings (SSSR count). The van der Waals surface area contributed by atoms with Crippen molar-refractivity contribution < 1.29 is 0 Å². The largest absolute Gasteiger partial charge is 0.0993 e. The number of allylic oxidation sites excluding steroid dienone is 3. The summed E-state index contributed by atoms with van der Waals surface area (Å²) in [7, 11) is 0. The molecule has 0 spiro atoms. The minimum absolute atomic E-state index is 0.541. The van der Waals surface area contributed by atoms with Crippen LogP contribution in [0.3, 0.4) is 0 Å². The van der Waals surface area contributed by atoms with E-state index in [4.69, 9.17) is 6.58 Å². The van der Waals surface area contributed by atoms with Crippen LogP contribution in [0.25, 0.3) is 0 Å². The first-order chi connectivity index (χ1) is 40.3. The van der Waals surface area contributed by atoms with E-state index in [2.05, 4.69) is 248 Å². The average molecular weight is 1220 g/mol. The molecular formula is C87H170. The van der Waals surface area contributed by atoms with Crippen molar-refractivity contribution in [2.75, 3.05) is 0 Å². The molecule has 518 valence electrons. The van der Waals surface area contributed by atoms with Crippen LogP contribution < -0.4 is 0 Å². The maximum atomic E-state index is 5.14. The summed E-state index contributed by atoms with van der Waals surface area (Å²) in [5.74, 6) is 24.0. The highest BCUT2D eigenvalue weighted by Gasteiger charge is 2.43. The van der Waals surface area contributed by atoms with Gasteiger partial charge in [0.1, 0.15) is 0 Å². The standard InChI is InChI=1S/C87H170/c1-36-39-41-58(14)72(28)87-68(24)51-80(38-3)70(26)62(18)49-63(19)71(27)81(40-37-2)67(23)52-83(57(12)13)75(31)74(30)82(43-42-53(4)5)64(20)48-60(16)59(15)47-61(17)69(25)73(29)84(44-54(6)7)65(21)50-66(22)85(45-55(8)9)76(32)77(33)86(46-56(10)11)78(34)79(87)35/h36,39,53-69,71-87H,26,37-38,40-52H2,1-25,27-35H3. The van der Waals surface area contributed by atoms with Gasteiger partial charge < -0.3 is 0 Å². The van der Waals surface area contributed by atoms with Crippen LogP contribution >= 0.6 is 0 Å². The van der Waals surface area contributed by atoms with Gasteiger partial charge in [-0.3, -0.25) is 0 Å². The van der Waals surface area contributed by atoms with Crippen LogP contribution in [-0.4, -0.2) is 0 Å². The van der Waals surface area contributed by atoms with Gasteiger partial charge in [0.05, 0.1) is 0 Å². The van der Waals surface area contributed by atoms with Gasteiger partial charge in [-0.25, -0.2) is 0 Å². The van der Waals surface area contributed by atoms with Crippen molar-refractivity contribution in [1.29, 1.82) is 0 Å². The molecule has 0 heteroatoms. The lowest BCUT2D eigenvalue weighted by Crippen LogP contribution is -2.40. The average Bonchev–Trinajstić information content (AvgIpc) is 3.54. The monoisotopic (exact) mass is 1220 g/mol. The molecule has 29 atom stereocenters. The topological polar surface area (TPSA) is 0 Å². The Hall–Kier alpha value is -0.520. The first-order valence-corrected chi connectivity index (χ1v) is 39.6. The zero-order valence-corrected chi connectivity index (χ0v) is 66.6. The molecule has 0 heterocycles. The lowest BCUT2D eigenvalue weighted by Gasteiger charge is -2.47. The van der Waals surface area contributed by atoms with E-state index in [1.54, 1.807) is 5.57 Å². The number of hydrogen-bond donors (Lipinski definition) is 0. The fourth-order valence-electron chi connectivity index (χ4n) is 20.7. The van der Waals surface area contributed by atoms with E-state index >= 15 is 0 Å². The molecule has 0 aromatic heterocycles. The molecule has 0 aromatic rings. The van der Waals surface area contributed by atoms with E-state index in [9.17, 15) is 0 Å². The predicted molar refractivity (Wildman–Crippen MR) is 399 cm³/mol. The Morgan fingerprint density at radius 3 is 1.25 bits per heavy atom. The minimum Gasteiger partial charge on any atom is -0.0993 e. The van der Waals surface area contributed by atoms with Crippen molar-refractivity contribution in [3.05, 3.63) is 24.3 Å². The summed E-state index contributed by atoms with van der Waals surface area (Å²) in [5, 5.41) is 0. The summed E-state index contributed by atoms with van der Waals surface area (Å²) >= 11 is 0. The summed E-state index contributed by atoms with van der Waals surface area (Å²) < 4.78 is 0. The molecule has 1 fully saturated rings. The van der Waals surface area contributed by atoms with Crippen LogP contribution in [0.1, 0.15) is 332 Å². The normalized spacial score (nSPS) is 41.2. The molecular weight excluding hydrogens is 1040 g/mol. The zero-order chi connectivity index (χ0) is 67.2. The third-order valence-electron chi connectivity index (χ3n) is 27.9. The Bertz CT molecular complexity index is 1770. The van der Waals surface area contributed by atoms with E-state index in [0.29, 0.717) is 101 Å². The zero-order valence-electron chi connectivity index (χ0n) is 66.6. The second-order valence-electron chi connectivity index (χ2n) is 36.6. The summed E-state index contributed by atoms with van der Waals surface area (Å²) in [6.45, 7) is 94.3. The molecule has 0 aliphatic heterocycles. The van der Waals surface area contributed by atoms with Gasteiger partial charge in [0, 0.05) is 0 Å². The maximum absolute atomic E-state index is 5.14. The third-order valence-corrected chi connectivity index (χ3v) is 27.9. The maximum Gasteiger partial charge on any atom is -0.0203 e. The van der Waals surface area contributed by atoms with Crippen LogP contribution in [0.4, 0.5) is 0 Å². The van der Waals surface area contributed by atoms with Crippen molar-refractivity contribution in [2.45, 2.75) is 332 Å². The van der Waals surface area contributed by atoms with Gasteiger partial charge in [0.2, 0.25) is 0 Å². The minimum atomic E-state index is 0.541. The van der Waals surface area contributed by atoms with Gasteiger partial charge in [-0.05, 0) is 285 Å². The van der Waals surface area contributed by atoms with Gasteiger partial charge in [0.25, 0.3) is 0 Å². The molecule has 0 saturated heterocycles. The first kappa shape index (κ1) is 84.5. The summed E-state index contributed by atoms with van der Waals surface area (Å²) in [6.07, 6.45) is 24.7. The van der Waals surface area contributed by atoms with Crippen LogP contribution in [0.2, 0.25) is 0 Å². The lowest BCUT2D eigenvalue weighted by molar-refractivity contribution is 0.0225. The van der Waals surface area contributed by atoms with Gasteiger partial charge in [-0.2, -0.15) is 0 Å². The van der Waals surface area contributed by atoms with Crippen LogP contribution in [-0.2, 0) is 0 Å². The van der Waals surface area contributed by atoms with Gasteiger partial charge in [-0.1, -0.05) is 272 Å². The highest BCUT2D eigenvalue weighted by molar-refractivity contribution is 5.06. The molecule has 0 radical (unpaired) electrons. The molecule has 1 aliphatic rings. The number of hydrogen-bond acceptors (Lipinski definition) is 0. The Morgan fingerprint density at radius 1 is 0.391 bits per heavy atom. The molecule has 0 aromatic carbocycles. The lowest BCUT2D eigenvalue weighted by atomic mass is 9.58. The summed E-state index contributed by atoms with van der Waals surface area (Å²) in [5.41, 5.74) is 1.57. The summed E-state index contributed by atoms with van der Waals surface area (Å²) in [6, 6.07) is 0. The van der Waals surface area contributed by atoms with Gasteiger partial charge >= 0.3 is 0 Å². The van der Waals surface area contributed by atoms with E-state index in [0.717, 1.165) is 101 Å². The van der Waals surface area contributed by atoms with Gasteiger partial charge in [-0.15, -0.1) is 0 Å². The molecule has 0 nitrogen and oxygen atoms in total. The van der Waals surface area contributed by atoms with E-state index < -0.39 is 0 Å². The fraction of sp³-hybridized carbons (Fsp3) is 0.954. The van der Waals surface area contributed by atoms with Crippen LogP contribution in [0.5, 0.6) is 0 Å². The SMILES string of the molecule is C=C1C(C)CC(C)C(C)C(CCC)C(C)CC(C(C)C)C(C)C(C)C(CCC(C)C)C(C)CC(C)C(C)CC(C)C(C)C(C)C(CC(C)C)C(C)CC(C)C(CC(C)C)C(C)C(C)C(CC(C)C)C(C)C(C)C(C(C)C(C)CC=CC)C(C)CC1CC. The predicted octanol–water partition coefficient (Wildman–Crippen LogP) is 28.6. The fourth-order valence-corrected chi connectivity index (χ4v) is 20.7. The van der Waals surface area contributed by atoms with Gasteiger partial charge in [0.15, 0.2) is 0 Å². The van der Waals surface area contributed by atoms with Crippen molar-refractivity contribution in [2.24, 2.45) is 201 Å². The molecule has 0 bridgehead atoms. The van der Waals surface area contributed by atoms with Crippen molar-refractivity contribution in [1.82, 2.24) is 0 Å². The Kier molecular flexibility index (Phi) is 40.1. The second-order valence-corrected chi connectivity index (χ2v) is 36.6. The summed E-state index contributed by atoms with van der Waals surface area (Å²) in [4.78, 5) is 0. The molecule has 0 N–H and O–H groups in total. The smallest absolute Gasteiger partial charge is 0.0203 e. The quantitative estimate of drug-likeness (QED) is 0.127. The van der Waals surface area contributed by atoms with Crippen LogP contribution in [0.15, 0.2) is 24.3 Å². The van der Waals surface area contributed by atoms with E-state index in [-0.39, 0.29) is 0 Å². The Labute approximate surface area is 554 Å². The second kappa shape index (κ2) is 41.3. The third kappa shape index (κ3) is 26.7. The highest BCUT2D eigenvalue weighted by atomic mass is 14.5. The van der Waals surface area contributed by atoms with E-state index in [1.165, 1.54) is 96.3 Å². The molecule has 87 heavy (non-hydrogen) atoms. The van der Waals surface area contributed by atoms with E-state index in [1.807, 2.05) is 0 Å². The van der Waals surface area contributed by atoms with Crippen molar-refractivity contribution in [3.63, 3.8) is 0 Å². The van der Waals surface area contributed by atoms with Crippen molar-refractivity contribution in [3.8, 4) is 0 Å².